The lowest BCUT2D eigenvalue weighted by atomic mass is 9.84. The number of ether oxygens (including phenoxy) is 1. The smallest absolute Gasteiger partial charge is 0.190 e. The Kier molecular flexibility index (Phi) is 8.48. The third kappa shape index (κ3) is 6.11. The van der Waals surface area contributed by atoms with Gasteiger partial charge in [-0.15, -0.1) is 0 Å². The standard InChI is InChI=1S/C35H31ClF2N8O/c1-47-32-26(37)14-24(15-27(32)38)28-16-25(19-46-22-43-31-33(36)41-21-42-34(31)46)29(18-40-28)45-13-7-11-35(20-45,30-10-5-6-12-39-30)44-17-23-8-3-2-4-9-23/h2-6,8-10,12,14-16,18,21-22,44H,7,11,13,17,19-20H2,1H3/t35-/m1/s1. The molecule has 0 unspecified atom stereocenters. The molecule has 1 N–H and O–H groups in total. The van der Waals surface area contributed by atoms with Crippen LogP contribution in [0, 0.1) is 11.6 Å². The van der Waals surface area contributed by atoms with Crippen LogP contribution in [-0.2, 0) is 18.6 Å². The van der Waals surface area contributed by atoms with Crippen molar-refractivity contribution in [1.82, 2.24) is 34.8 Å². The lowest BCUT2D eigenvalue weighted by molar-refractivity contribution is 0.264. The van der Waals surface area contributed by atoms with Gasteiger partial charge in [0, 0.05) is 31.4 Å². The summed E-state index contributed by atoms with van der Waals surface area (Å²) in [6, 6.07) is 20.6. The fourth-order valence-corrected chi connectivity index (χ4v) is 6.51. The van der Waals surface area contributed by atoms with Gasteiger partial charge >= 0.3 is 0 Å². The van der Waals surface area contributed by atoms with Crippen LogP contribution in [0.3, 0.4) is 0 Å². The topological polar surface area (TPSA) is 93.9 Å². The average Bonchev–Trinajstić information content (AvgIpc) is 3.52. The zero-order chi connectivity index (χ0) is 32.4. The quantitative estimate of drug-likeness (QED) is 0.176. The molecule has 0 aliphatic carbocycles. The molecule has 2 aromatic carbocycles. The molecule has 238 valence electrons. The Balaban J connectivity index is 1.30. The number of pyridine rings is 2. The van der Waals surface area contributed by atoms with Crippen molar-refractivity contribution in [2.24, 2.45) is 0 Å². The van der Waals surface area contributed by atoms with Crippen LogP contribution in [0.5, 0.6) is 5.75 Å². The molecule has 7 rings (SSSR count). The predicted molar refractivity (Wildman–Crippen MR) is 176 cm³/mol. The van der Waals surface area contributed by atoms with Crippen LogP contribution in [-0.4, -0.2) is 49.7 Å². The molecule has 12 heteroatoms. The van der Waals surface area contributed by atoms with Gasteiger partial charge in [0.05, 0.1) is 48.8 Å². The SMILES string of the molecule is COc1c(F)cc(-c2cc(Cn3cnc4c(Cl)ncnc43)c(N3CCC[C@](NCc4ccccc4)(c4ccccn4)C3)cn2)cc1F. The van der Waals surface area contributed by atoms with E-state index in [0.29, 0.717) is 42.1 Å². The first kappa shape index (κ1) is 30.6. The van der Waals surface area contributed by atoms with E-state index in [2.05, 4.69) is 43.4 Å². The van der Waals surface area contributed by atoms with Crippen LogP contribution < -0.4 is 15.0 Å². The van der Waals surface area contributed by atoms with Crippen LogP contribution >= 0.6 is 11.6 Å². The number of aromatic nitrogens is 6. The summed E-state index contributed by atoms with van der Waals surface area (Å²) in [4.78, 5) is 24.7. The molecule has 6 aromatic rings. The summed E-state index contributed by atoms with van der Waals surface area (Å²) in [7, 11) is 1.23. The average molecular weight is 653 g/mol. The maximum atomic E-state index is 14.8. The van der Waals surface area contributed by atoms with Gasteiger partial charge in [-0.2, -0.15) is 0 Å². The zero-order valence-corrected chi connectivity index (χ0v) is 26.3. The van der Waals surface area contributed by atoms with Crippen molar-refractivity contribution in [2.75, 3.05) is 25.1 Å². The fourth-order valence-electron chi connectivity index (χ4n) is 6.33. The van der Waals surface area contributed by atoms with E-state index >= 15 is 0 Å². The van der Waals surface area contributed by atoms with Crippen molar-refractivity contribution in [3.05, 3.63) is 125 Å². The molecule has 1 atom stereocenters. The van der Waals surface area contributed by atoms with Crippen LogP contribution in [0.15, 0.2) is 91.8 Å². The minimum absolute atomic E-state index is 0.259. The van der Waals surface area contributed by atoms with Crippen molar-refractivity contribution in [3.63, 3.8) is 0 Å². The van der Waals surface area contributed by atoms with Crippen LogP contribution in [0.25, 0.3) is 22.4 Å². The fraction of sp³-hybridized carbons (Fsp3) is 0.229. The van der Waals surface area contributed by atoms with Crippen LogP contribution in [0.1, 0.15) is 29.7 Å². The summed E-state index contributed by atoms with van der Waals surface area (Å²) in [6.45, 7) is 2.42. The number of fused-ring (bicyclic) bond motifs is 1. The van der Waals surface area contributed by atoms with Gasteiger partial charge in [0.1, 0.15) is 11.8 Å². The lowest BCUT2D eigenvalue weighted by Gasteiger charge is -2.44. The van der Waals surface area contributed by atoms with Crippen molar-refractivity contribution in [2.45, 2.75) is 31.5 Å². The number of methoxy groups -OCH3 is 1. The molecule has 1 aliphatic rings. The third-order valence-electron chi connectivity index (χ3n) is 8.62. The summed E-state index contributed by atoms with van der Waals surface area (Å²) in [5.41, 5.74) is 5.20. The van der Waals surface area contributed by atoms with E-state index in [1.54, 1.807) is 12.5 Å². The van der Waals surface area contributed by atoms with Crippen molar-refractivity contribution in [1.29, 1.82) is 0 Å². The molecule has 0 bridgehead atoms. The first-order valence-corrected chi connectivity index (χ1v) is 15.6. The largest absolute Gasteiger partial charge is 0.491 e. The maximum Gasteiger partial charge on any atom is 0.190 e. The Morgan fingerprint density at radius 3 is 2.53 bits per heavy atom. The van der Waals surface area contributed by atoms with Gasteiger partial charge in [0.15, 0.2) is 28.2 Å². The van der Waals surface area contributed by atoms with E-state index in [1.165, 1.54) is 31.1 Å². The van der Waals surface area contributed by atoms with Crippen LogP contribution in [0.4, 0.5) is 14.5 Å². The number of hydrogen-bond acceptors (Lipinski definition) is 8. The second-order valence-electron chi connectivity index (χ2n) is 11.5. The van der Waals surface area contributed by atoms with E-state index in [4.69, 9.17) is 26.3 Å². The summed E-state index contributed by atoms with van der Waals surface area (Å²) in [6.07, 6.45) is 8.45. The molecular formula is C35H31ClF2N8O. The number of benzene rings is 2. The van der Waals surface area contributed by atoms with Crippen molar-refractivity contribution < 1.29 is 13.5 Å². The number of rotatable bonds is 9. The highest BCUT2D eigenvalue weighted by atomic mass is 35.5. The number of anilines is 1. The summed E-state index contributed by atoms with van der Waals surface area (Å²) < 4.78 is 36.3. The molecule has 4 aromatic heterocycles. The van der Waals surface area contributed by atoms with Gasteiger partial charge < -0.3 is 19.5 Å². The zero-order valence-electron chi connectivity index (χ0n) is 25.6. The van der Waals surface area contributed by atoms with E-state index in [9.17, 15) is 8.78 Å². The third-order valence-corrected chi connectivity index (χ3v) is 8.90. The monoisotopic (exact) mass is 652 g/mol. The van der Waals surface area contributed by atoms with Gasteiger partial charge in [-0.3, -0.25) is 9.97 Å². The Morgan fingerprint density at radius 2 is 1.77 bits per heavy atom. The highest BCUT2D eigenvalue weighted by Crippen LogP contribution is 2.37. The molecule has 47 heavy (non-hydrogen) atoms. The van der Waals surface area contributed by atoms with Crippen molar-refractivity contribution >= 4 is 28.5 Å². The molecule has 1 fully saturated rings. The van der Waals surface area contributed by atoms with Gasteiger partial charge in [-0.1, -0.05) is 48.0 Å². The number of nitrogens with one attached hydrogen (secondary N) is 1. The molecule has 1 aliphatic heterocycles. The van der Waals surface area contributed by atoms with Gasteiger partial charge in [0.25, 0.3) is 0 Å². The number of imidazole rings is 1. The number of halogens is 3. The molecule has 9 nitrogen and oxygen atoms in total. The first-order valence-electron chi connectivity index (χ1n) is 15.2. The number of piperidine rings is 1. The van der Waals surface area contributed by atoms with E-state index in [1.807, 2.05) is 47.2 Å². The van der Waals surface area contributed by atoms with E-state index in [0.717, 1.165) is 36.3 Å². The molecule has 0 amide bonds. The lowest BCUT2D eigenvalue weighted by Crippen LogP contribution is -2.55. The minimum Gasteiger partial charge on any atom is -0.491 e. The Morgan fingerprint density at radius 1 is 0.957 bits per heavy atom. The van der Waals surface area contributed by atoms with E-state index < -0.39 is 22.9 Å². The molecule has 0 spiro atoms. The first-order chi connectivity index (χ1) is 22.9. The Bertz CT molecular complexity index is 2000. The molecule has 0 saturated carbocycles. The summed E-state index contributed by atoms with van der Waals surface area (Å²) in [5, 5.41) is 4.12. The van der Waals surface area contributed by atoms with Crippen LogP contribution in [0.2, 0.25) is 5.15 Å². The van der Waals surface area contributed by atoms with Gasteiger partial charge in [-0.25, -0.2) is 23.7 Å². The van der Waals surface area contributed by atoms with E-state index in [-0.39, 0.29) is 5.15 Å². The molecule has 5 heterocycles. The number of hydrogen-bond donors (Lipinski definition) is 1. The molecular weight excluding hydrogens is 622 g/mol. The Labute approximate surface area is 275 Å². The van der Waals surface area contributed by atoms with Crippen molar-refractivity contribution in [3.8, 4) is 17.0 Å². The second kappa shape index (κ2) is 13.0. The normalized spacial score (nSPS) is 16.5. The number of nitrogens with zero attached hydrogens (tertiary/aromatic N) is 7. The molecule has 1 saturated heterocycles. The second-order valence-corrected chi connectivity index (χ2v) is 11.9. The van der Waals surface area contributed by atoms with Gasteiger partial charge in [-0.05, 0) is 54.3 Å². The maximum absolute atomic E-state index is 14.8. The predicted octanol–water partition coefficient (Wildman–Crippen LogP) is 6.56. The summed E-state index contributed by atoms with van der Waals surface area (Å²) >= 11 is 6.31. The Hall–Kier alpha value is -5.00. The highest BCUT2D eigenvalue weighted by Gasteiger charge is 2.38. The molecule has 0 radical (unpaired) electrons. The highest BCUT2D eigenvalue weighted by molar-refractivity contribution is 6.33. The minimum atomic E-state index is -0.803. The summed E-state index contributed by atoms with van der Waals surface area (Å²) in [5.74, 6) is -2.04. The van der Waals surface area contributed by atoms with Gasteiger partial charge in [0.2, 0.25) is 0 Å².